The van der Waals surface area contributed by atoms with E-state index in [9.17, 15) is 4.39 Å². The Balaban J connectivity index is 1.85. The third kappa shape index (κ3) is 2.15. The quantitative estimate of drug-likeness (QED) is 0.710. The highest BCUT2D eigenvalue weighted by molar-refractivity contribution is 5.56. The van der Waals surface area contributed by atoms with Gasteiger partial charge in [-0.3, -0.25) is 4.68 Å². The molecule has 2 aromatic heterocycles. The van der Waals surface area contributed by atoms with E-state index in [2.05, 4.69) is 10.1 Å². The van der Waals surface area contributed by atoms with Gasteiger partial charge in [-0.05, 0) is 18.2 Å². The molecule has 0 aliphatic carbocycles. The molecule has 0 N–H and O–H groups in total. The van der Waals surface area contributed by atoms with Crippen LogP contribution >= 0.6 is 0 Å². The number of benzene rings is 1. The van der Waals surface area contributed by atoms with E-state index in [1.54, 1.807) is 29.2 Å². The number of nitrogens with zero attached hydrogens (tertiary/aromatic N) is 3. The number of rotatable bonds is 3. The predicted octanol–water partition coefficient (Wildman–Crippen LogP) is 2.73. The summed E-state index contributed by atoms with van der Waals surface area (Å²) in [5.74, 6) is 0.798. The number of aromatic nitrogens is 3. The predicted molar refractivity (Wildman–Crippen MR) is 63.2 cm³/mol. The molecule has 5 heteroatoms. The fraction of sp³-hybridized carbons (Fsp3) is 0.0769. The third-order valence-electron chi connectivity index (χ3n) is 2.52. The molecular weight excluding hydrogens is 233 g/mol. The van der Waals surface area contributed by atoms with Crippen LogP contribution in [0.2, 0.25) is 0 Å². The van der Waals surface area contributed by atoms with E-state index in [-0.39, 0.29) is 5.82 Å². The van der Waals surface area contributed by atoms with Crippen LogP contribution in [0.1, 0.15) is 5.89 Å². The van der Waals surface area contributed by atoms with Crippen molar-refractivity contribution < 1.29 is 8.81 Å². The first kappa shape index (κ1) is 10.7. The molecule has 0 bridgehead atoms. The molecule has 1 aromatic carbocycles. The molecule has 3 aromatic rings. The monoisotopic (exact) mass is 243 g/mol. The van der Waals surface area contributed by atoms with E-state index in [1.165, 1.54) is 12.1 Å². The second-order valence-electron chi connectivity index (χ2n) is 3.83. The van der Waals surface area contributed by atoms with Crippen LogP contribution in [0.3, 0.4) is 0 Å². The maximum Gasteiger partial charge on any atom is 0.216 e. The highest BCUT2D eigenvalue weighted by Crippen LogP contribution is 2.21. The fourth-order valence-electron chi connectivity index (χ4n) is 1.69. The van der Waals surface area contributed by atoms with Crippen molar-refractivity contribution in [2.75, 3.05) is 0 Å². The first-order valence-electron chi connectivity index (χ1n) is 5.49. The molecule has 0 aliphatic heterocycles. The molecule has 0 saturated carbocycles. The molecule has 2 heterocycles. The normalized spacial score (nSPS) is 10.7. The average Bonchev–Trinajstić information content (AvgIpc) is 3.01. The molecule has 0 saturated heterocycles. The second-order valence-corrected chi connectivity index (χ2v) is 3.83. The van der Waals surface area contributed by atoms with Gasteiger partial charge in [-0.1, -0.05) is 12.1 Å². The van der Waals surface area contributed by atoms with Crippen molar-refractivity contribution in [2.24, 2.45) is 0 Å². The third-order valence-corrected chi connectivity index (χ3v) is 2.52. The average molecular weight is 243 g/mol. The minimum Gasteiger partial charge on any atom is -0.439 e. The van der Waals surface area contributed by atoms with E-state index >= 15 is 0 Å². The summed E-state index contributed by atoms with van der Waals surface area (Å²) in [4.78, 5) is 4.15. The number of oxazole rings is 1. The maximum absolute atomic E-state index is 13.1. The summed E-state index contributed by atoms with van der Waals surface area (Å²) >= 11 is 0. The van der Waals surface area contributed by atoms with Gasteiger partial charge in [-0.25, -0.2) is 9.37 Å². The first-order chi connectivity index (χ1) is 8.81. The molecule has 0 spiro atoms. The van der Waals surface area contributed by atoms with Crippen LogP contribution in [0.4, 0.5) is 4.39 Å². The standard InChI is InChI=1S/C13H10FN3O/c14-11-4-1-3-10(7-11)12-8-15-13(18-12)9-17-6-2-5-16-17/h1-8H,9H2. The molecule has 0 aliphatic rings. The van der Waals surface area contributed by atoms with Gasteiger partial charge in [-0.15, -0.1) is 0 Å². The van der Waals surface area contributed by atoms with Crippen molar-refractivity contribution in [1.82, 2.24) is 14.8 Å². The van der Waals surface area contributed by atoms with Gasteiger partial charge >= 0.3 is 0 Å². The van der Waals surface area contributed by atoms with Crippen LogP contribution in [0, 0.1) is 5.82 Å². The summed E-state index contributed by atoms with van der Waals surface area (Å²) in [6.07, 6.45) is 5.11. The maximum atomic E-state index is 13.1. The summed E-state index contributed by atoms with van der Waals surface area (Å²) in [5, 5.41) is 4.06. The van der Waals surface area contributed by atoms with Crippen molar-refractivity contribution in [2.45, 2.75) is 6.54 Å². The minimum absolute atomic E-state index is 0.294. The van der Waals surface area contributed by atoms with Crippen molar-refractivity contribution >= 4 is 0 Å². The molecule has 0 fully saturated rings. The minimum atomic E-state index is -0.294. The lowest BCUT2D eigenvalue weighted by Crippen LogP contribution is -1.99. The number of hydrogen-bond donors (Lipinski definition) is 0. The van der Waals surface area contributed by atoms with E-state index in [0.29, 0.717) is 23.8 Å². The van der Waals surface area contributed by atoms with Crippen molar-refractivity contribution in [3.8, 4) is 11.3 Å². The Kier molecular flexibility index (Phi) is 2.64. The lowest BCUT2D eigenvalue weighted by atomic mass is 10.2. The second kappa shape index (κ2) is 4.44. The van der Waals surface area contributed by atoms with Crippen LogP contribution in [-0.2, 0) is 6.54 Å². The number of hydrogen-bond acceptors (Lipinski definition) is 3. The lowest BCUT2D eigenvalue weighted by molar-refractivity contribution is 0.474. The van der Waals surface area contributed by atoms with Gasteiger partial charge in [-0.2, -0.15) is 5.10 Å². The van der Waals surface area contributed by atoms with Gasteiger partial charge in [0.15, 0.2) is 5.76 Å². The Morgan fingerprint density at radius 3 is 3.00 bits per heavy atom. The molecule has 90 valence electrons. The topological polar surface area (TPSA) is 43.9 Å². The Hall–Kier alpha value is -2.43. The molecular formula is C13H10FN3O. The largest absolute Gasteiger partial charge is 0.439 e. The van der Waals surface area contributed by atoms with Crippen molar-refractivity contribution in [1.29, 1.82) is 0 Å². The van der Waals surface area contributed by atoms with Gasteiger partial charge in [0.2, 0.25) is 5.89 Å². The zero-order valence-electron chi connectivity index (χ0n) is 9.45. The van der Waals surface area contributed by atoms with Gasteiger partial charge in [0.1, 0.15) is 12.4 Å². The lowest BCUT2D eigenvalue weighted by Gasteiger charge is -1.97. The molecule has 18 heavy (non-hydrogen) atoms. The zero-order valence-corrected chi connectivity index (χ0v) is 9.45. The SMILES string of the molecule is Fc1cccc(-c2cnc(Cn3cccn3)o2)c1. The Morgan fingerprint density at radius 2 is 2.22 bits per heavy atom. The van der Waals surface area contributed by atoms with Gasteiger partial charge in [0.25, 0.3) is 0 Å². The Labute approximate surface area is 103 Å². The summed E-state index contributed by atoms with van der Waals surface area (Å²) < 4.78 is 20.4. The van der Waals surface area contributed by atoms with E-state index in [1.807, 2.05) is 12.3 Å². The number of halogens is 1. The zero-order chi connectivity index (χ0) is 12.4. The summed E-state index contributed by atoms with van der Waals surface area (Å²) in [7, 11) is 0. The van der Waals surface area contributed by atoms with Crippen LogP contribution in [-0.4, -0.2) is 14.8 Å². The van der Waals surface area contributed by atoms with Crippen LogP contribution < -0.4 is 0 Å². The summed E-state index contributed by atoms with van der Waals surface area (Å²) in [5.41, 5.74) is 0.675. The fourth-order valence-corrected chi connectivity index (χ4v) is 1.69. The Morgan fingerprint density at radius 1 is 1.28 bits per heavy atom. The Bertz CT molecular complexity index is 646. The van der Waals surface area contributed by atoms with Crippen molar-refractivity contribution in [3.63, 3.8) is 0 Å². The summed E-state index contributed by atoms with van der Waals surface area (Å²) in [6, 6.07) is 8.06. The van der Waals surface area contributed by atoms with E-state index in [4.69, 9.17) is 4.42 Å². The summed E-state index contributed by atoms with van der Waals surface area (Å²) in [6.45, 7) is 0.461. The van der Waals surface area contributed by atoms with Gasteiger partial charge in [0, 0.05) is 18.0 Å². The van der Waals surface area contributed by atoms with E-state index in [0.717, 1.165) is 0 Å². The van der Waals surface area contributed by atoms with Gasteiger partial charge in [0.05, 0.1) is 6.20 Å². The molecule has 3 rings (SSSR count). The molecule has 0 atom stereocenters. The van der Waals surface area contributed by atoms with E-state index < -0.39 is 0 Å². The molecule has 0 unspecified atom stereocenters. The van der Waals surface area contributed by atoms with Crippen LogP contribution in [0.15, 0.2) is 53.3 Å². The van der Waals surface area contributed by atoms with Crippen LogP contribution in [0.5, 0.6) is 0 Å². The smallest absolute Gasteiger partial charge is 0.216 e. The molecule has 0 amide bonds. The highest BCUT2D eigenvalue weighted by atomic mass is 19.1. The first-order valence-corrected chi connectivity index (χ1v) is 5.49. The molecule has 4 nitrogen and oxygen atoms in total. The highest BCUT2D eigenvalue weighted by Gasteiger charge is 2.07. The van der Waals surface area contributed by atoms with Crippen molar-refractivity contribution in [3.05, 3.63) is 60.6 Å². The van der Waals surface area contributed by atoms with Crippen LogP contribution in [0.25, 0.3) is 11.3 Å². The van der Waals surface area contributed by atoms with Gasteiger partial charge < -0.3 is 4.42 Å². The molecule has 0 radical (unpaired) electrons.